The van der Waals surface area contributed by atoms with Gasteiger partial charge >= 0.3 is 6.18 Å². The van der Waals surface area contributed by atoms with Crippen LogP contribution in [0.1, 0.15) is 11.1 Å². The van der Waals surface area contributed by atoms with Crippen LogP contribution in [0.15, 0.2) is 18.2 Å². The Kier molecular flexibility index (Phi) is 6.66. The van der Waals surface area contributed by atoms with E-state index >= 15 is 0 Å². The van der Waals surface area contributed by atoms with Crippen LogP contribution in [-0.2, 0) is 4.79 Å². The molecule has 1 aromatic rings. The summed E-state index contributed by atoms with van der Waals surface area (Å²) in [5.41, 5.74) is 1.94. The number of amides is 1. The molecule has 1 aromatic carbocycles. The number of nitrogens with one attached hydrogen (secondary N) is 2. The van der Waals surface area contributed by atoms with Crippen LogP contribution in [0.4, 0.5) is 13.2 Å². The van der Waals surface area contributed by atoms with E-state index in [4.69, 9.17) is 4.74 Å². The van der Waals surface area contributed by atoms with Crippen molar-refractivity contribution >= 4 is 5.91 Å². The summed E-state index contributed by atoms with van der Waals surface area (Å²) in [6, 6.07) is 3.83. The zero-order chi connectivity index (χ0) is 18.4. The number of alkyl halides is 3. The minimum atomic E-state index is -4.39. The standard InChI is InChI=1S/C17H24F3N3O2/c1-12-3-4-14(13(2)9-12)25-11-16(24)22-10-15(17(18,19)20)23-7-5-21-6-8-23/h3-4,9,15,21H,5-8,10-11H2,1-2H3,(H,22,24). The van der Waals surface area contributed by atoms with Gasteiger partial charge in [-0.25, -0.2) is 0 Å². The predicted octanol–water partition coefficient (Wildman–Crippen LogP) is 1.63. The molecule has 0 aliphatic carbocycles. The fraction of sp³-hybridized carbons (Fsp3) is 0.588. The van der Waals surface area contributed by atoms with E-state index in [0.29, 0.717) is 31.9 Å². The summed E-state index contributed by atoms with van der Waals surface area (Å²) in [4.78, 5) is 13.2. The van der Waals surface area contributed by atoms with Crippen LogP contribution in [0.25, 0.3) is 0 Å². The molecule has 2 N–H and O–H groups in total. The van der Waals surface area contributed by atoms with Crippen molar-refractivity contribution in [3.63, 3.8) is 0 Å². The molecule has 1 unspecified atom stereocenters. The van der Waals surface area contributed by atoms with Crippen molar-refractivity contribution in [1.82, 2.24) is 15.5 Å². The molecule has 0 bridgehead atoms. The van der Waals surface area contributed by atoms with Crippen molar-refractivity contribution in [2.24, 2.45) is 0 Å². The molecule has 5 nitrogen and oxygen atoms in total. The Bertz CT molecular complexity index is 587. The molecule has 1 aliphatic heterocycles. The second-order valence-corrected chi connectivity index (χ2v) is 6.21. The maximum absolute atomic E-state index is 13.3. The summed E-state index contributed by atoms with van der Waals surface area (Å²) in [6.07, 6.45) is -4.39. The Morgan fingerprint density at radius 2 is 2.00 bits per heavy atom. The van der Waals surface area contributed by atoms with Crippen LogP contribution in [-0.4, -0.2) is 62.4 Å². The highest BCUT2D eigenvalue weighted by Gasteiger charge is 2.43. The number of rotatable bonds is 6. The summed E-state index contributed by atoms with van der Waals surface area (Å²) in [5.74, 6) is -0.0143. The third-order valence-electron chi connectivity index (χ3n) is 4.15. The van der Waals surface area contributed by atoms with Gasteiger partial charge in [0.05, 0.1) is 0 Å². The third-order valence-corrected chi connectivity index (χ3v) is 4.15. The molecular weight excluding hydrogens is 335 g/mol. The van der Waals surface area contributed by atoms with Gasteiger partial charge in [0, 0.05) is 32.7 Å². The van der Waals surface area contributed by atoms with E-state index in [2.05, 4.69) is 10.6 Å². The maximum Gasteiger partial charge on any atom is 0.405 e. The van der Waals surface area contributed by atoms with Crippen molar-refractivity contribution in [3.8, 4) is 5.75 Å². The number of halogens is 3. The average Bonchev–Trinajstić information content (AvgIpc) is 2.54. The summed E-state index contributed by atoms with van der Waals surface area (Å²) >= 11 is 0. The van der Waals surface area contributed by atoms with E-state index in [1.54, 1.807) is 6.07 Å². The fourth-order valence-corrected chi connectivity index (χ4v) is 2.81. The maximum atomic E-state index is 13.3. The summed E-state index contributed by atoms with van der Waals surface area (Å²) in [6.45, 7) is 4.64. The number of hydrogen-bond acceptors (Lipinski definition) is 4. The van der Waals surface area contributed by atoms with Gasteiger partial charge < -0.3 is 15.4 Å². The lowest BCUT2D eigenvalue weighted by atomic mass is 10.1. The minimum Gasteiger partial charge on any atom is -0.484 e. The molecule has 140 valence electrons. The van der Waals surface area contributed by atoms with Gasteiger partial charge in [0.1, 0.15) is 11.8 Å². The molecule has 1 aliphatic rings. The van der Waals surface area contributed by atoms with Crippen LogP contribution in [0, 0.1) is 13.8 Å². The second-order valence-electron chi connectivity index (χ2n) is 6.21. The lowest BCUT2D eigenvalue weighted by Crippen LogP contribution is -2.57. The second kappa shape index (κ2) is 8.53. The first-order valence-electron chi connectivity index (χ1n) is 8.25. The van der Waals surface area contributed by atoms with Gasteiger partial charge in [0.15, 0.2) is 6.61 Å². The van der Waals surface area contributed by atoms with Gasteiger partial charge in [-0.2, -0.15) is 13.2 Å². The molecule has 0 radical (unpaired) electrons. The van der Waals surface area contributed by atoms with Crippen molar-refractivity contribution < 1.29 is 22.7 Å². The monoisotopic (exact) mass is 359 g/mol. The number of carbonyl (C=O) groups is 1. The predicted molar refractivity (Wildman–Crippen MR) is 88.7 cm³/mol. The molecule has 0 aromatic heterocycles. The molecule has 2 rings (SSSR count). The zero-order valence-electron chi connectivity index (χ0n) is 14.4. The minimum absolute atomic E-state index is 0.305. The van der Waals surface area contributed by atoms with Crippen LogP contribution >= 0.6 is 0 Å². The van der Waals surface area contributed by atoms with Gasteiger partial charge in [0.2, 0.25) is 0 Å². The first kappa shape index (κ1) is 19.5. The summed E-state index contributed by atoms with van der Waals surface area (Å²) in [7, 11) is 0. The topological polar surface area (TPSA) is 53.6 Å². The number of piperazine rings is 1. The average molecular weight is 359 g/mol. The fourth-order valence-electron chi connectivity index (χ4n) is 2.81. The Balaban J connectivity index is 1.85. The highest BCUT2D eigenvalue weighted by atomic mass is 19.4. The quantitative estimate of drug-likeness (QED) is 0.811. The smallest absolute Gasteiger partial charge is 0.405 e. The molecule has 1 amide bonds. The Morgan fingerprint density at radius 3 is 2.60 bits per heavy atom. The van der Waals surface area contributed by atoms with Crippen LogP contribution in [0.3, 0.4) is 0 Å². The van der Waals surface area contributed by atoms with Crippen molar-refractivity contribution in [2.45, 2.75) is 26.1 Å². The SMILES string of the molecule is Cc1ccc(OCC(=O)NCC(N2CCNCC2)C(F)(F)F)c(C)c1. The summed E-state index contributed by atoms with van der Waals surface area (Å²) in [5, 5.41) is 5.36. The number of benzene rings is 1. The number of nitrogens with zero attached hydrogens (tertiary/aromatic N) is 1. The number of aryl methyl sites for hydroxylation is 2. The van der Waals surface area contributed by atoms with Crippen LogP contribution < -0.4 is 15.4 Å². The zero-order valence-corrected chi connectivity index (χ0v) is 14.4. The number of hydrogen-bond donors (Lipinski definition) is 2. The van der Waals surface area contributed by atoms with Gasteiger partial charge in [-0.05, 0) is 25.5 Å². The van der Waals surface area contributed by atoms with E-state index in [1.807, 2.05) is 26.0 Å². The van der Waals surface area contributed by atoms with E-state index in [1.165, 1.54) is 4.90 Å². The summed E-state index contributed by atoms with van der Waals surface area (Å²) < 4.78 is 45.2. The van der Waals surface area contributed by atoms with E-state index in [-0.39, 0.29) is 6.61 Å². The van der Waals surface area contributed by atoms with Crippen LogP contribution in [0.5, 0.6) is 5.75 Å². The molecule has 1 heterocycles. The van der Waals surface area contributed by atoms with Crippen molar-refractivity contribution in [1.29, 1.82) is 0 Å². The van der Waals surface area contributed by atoms with Gasteiger partial charge in [-0.3, -0.25) is 9.69 Å². The largest absolute Gasteiger partial charge is 0.484 e. The molecule has 1 saturated heterocycles. The molecular formula is C17H24F3N3O2. The third kappa shape index (κ3) is 5.89. The molecule has 25 heavy (non-hydrogen) atoms. The van der Waals surface area contributed by atoms with Gasteiger partial charge in [0.25, 0.3) is 5.91 Å². The lowest BCUT2D eigenvalue weighted by Gasteiger charge is -2.35. The van der Waals surface area contributed by atoms with Crippen molar-refractivity contribution in [3.05, 3.63) is 29.3 Å². The van der Waals surface area contributed by atoms with E-state index in [0.717, 1.165) is 11.1 Å². The first-order chi connectivity index (χ1) is 11.8. The Morgan fingerprint density at radius 1 is 1.32 bits per heavy atom. The molecule has 0 saturated carbocycles. The van der Waals surface area contributed by atoms with Crippen molar-refractivity contribution in [2.75, 3.05) is 39.3 Å². The number of ether oxygens (including phenoxy) is 1. The molecule has 1 fully saturated rings. The Labute approximate surface area is 145 Å². The van der Waals surface area contributed by atoms with Gasteiger partial charge in [-0.15, -0.1) is 0 Å². The van der Waals surface area contributed by atoms with E-state index < -0.39 is 24.7 Å². The van der Waals surface area contributed by atoms with Crippen LogP contribution in [0.2, 0.25) is 0 Å². The lowest BCUT2D eigenvalue weighted by molar-refractivity contribution is -0.184. The Hall–Kier alpha value is -1.80. The molecule has 0 spiro atoms. The van der Waals surface area contributed by atoms with Gasteiger partial charge in [-0.1, -0.05) is 17.7 Å². The molecule has 8 heteroatoms. The highest BCUT2D eigenvalue weighted by Crippen LogP contribution is 2.24. The highest BCUT2D eigenvalue weighted by molar-refractivity contribution is 5.77. The molecule has 1 atom stereocenters. The van der Waals surface area contributed by atoms with E-state index in [9.17, 15) is 18.0 Å². The number of carbonyl (C=O) groups excluding carboxylic acids is 1. The first-order valence-corrected chi connectivity index (χ1v) is 8.25. The normalized spacial score (nSPS) is 17.2.